The third-order valence-electron chi connectivity index (χ3n) is 1.53. The molecule has 0 atom stereocenters. The molecule has 0 aliphatic rings. The number of nitrogens with zero attached hydrogens (tertiary/aromatic N) is 2. The number of carbonyl (C=O) groups is 2. The minimum Gasteiger partial charge on any atom is -0.369 e. The van der Waals surface area contributed by atoms with Crippen LogP contribution in [0.1, 0.15) is 12.8 Å². The maximum absolute atomic E-state index is 10.4. The molecular weight excluding hydrogens is 272 g/mol. The van der Waals surface area contributed by atoms with Gasteiger partial charge in [0.25, 0.3) is 0 Å². The van der Waals surface area contributed by atoms with Crippen LogP contribution in [-0.4, -0.2) is 48.8 Å². The fraction of sp³-hybridized carbons (Fsp3) is 0.600. The molecule has 0 saturated heterocycles. The molecule has 0 unspecified atom stereocenters. The number of amides is 2. The lowest BCUT2D eigenvalue weighted by molar-refractivity contribution is -0.117. The summed E-state index contributed by atoms with van der Waals surface area (Å²) in [6.45, 7) is 1.35. The lowest BCUT2D eigenvalue weighted by atomic mass is 10.4. The highest BCUT2D eigenvalue weighted by Gasteiger charge is 1.91. The van der Waals surface area contributed by atoms with Gasteiger partial charge in [0.1, 0.15) is 0 Å². The Morgan fingerprint density at radius 3 is 1.61 bits per heavy atom. The van der Waals surface area contributed by atoms with Gasteiger partial charge in [0, 0.05) is 37.0 Å². The van der Waals surface area contributed by atoms with E-state index in [0.717, 1.165) is 11.5 Å². The zero-order chi connectivity index (χ0) is 13.6. The summed E-state index contributed by atoms with van der Waals surface area (Å²) >= 11 is 0. The van der Waals surface area contributed by atoms with Gasteiger partial charge in [-0.3, -0.25) is 19.6 Å². The van der Waals surface area contributed by atoms with E-state index in [2.05, 4.69) is 9.98 Å². The van der Waals surface area contributed by atoms with Crippen LogP contribution < -0.4 is 11.5 Å². The largest absolute Gasteiger partial charge is 0.369 e. The molecule has 0 radical (unpaired) electrons. The van der Waals surface area contributed by atoms with Crippen molar-refractivity contribution in [2.75, 3.05) is 24.6 Å². The summed E-state index contributed by atoms with van der Waals surface area (Å²) in [4.78, 5) is 28.8. The molecule has 2 amide bonds. The Hall–Kier alpha value is -1.02. The van der Waals surface area contributed by atoms with Gasteiger partial charge in [-0.1, -0.05) is 21.6 Å². The van der Waals surface area contributed by atoms with Crippen LogP contribution in [-0.2, 0) is 9.59 Å². The first kappa shape index (κ1) is 17.0. The SMILES string of the molecule is NC(=O)CC=NCCSSCCN=CCC(N)=O. The molecule has 0 heterocycles. The van der Waals surface area contributed by atoms with Gasteiger partial charge in [0.15, 0.2) is 0 Å². The molecule has 8 heteroatoms. The van der Waals surface area contributed by atoms with Crippen molar-refractivity contribution < 1.29 is 9.59 Å². The first-order valence-corrected chi connectivity index (χ1v) is 7.89. The molecule has 4 N–H and O–H groups in total. The number of nitrogens with two attached hydrogens (primary N) is 2. The molecule has 0 rings (SSSR count). The fourth-order valence-electron chi connectivity index (χ4n) is 0.789. The van der Waals surface area contributed by atoms with Crippen LogP contribution in [0.3, 0.4) is 0 Å². The zero-order valence-electron chi connectivity index (χ0n) is 10.1. The third-order valence-corrected chi connectivity index (χ3v) is 3.90. The Kier molecular flexibility index (Phi) is 11.7. The van der Waals surface area contributed by atoms with Crippen molar-refractivity contribution in [1.29, 1.82) is 0 Å². The highest BCUT2D eigenvalue weighted by Crippen LogP contribution is 2.19. The molecule has 0 saturated carbocycles. The summed E-state index contributed by atoms with van der Waals surface area (Å²) in [7, 11) is 3.40. The van der Waals surface area contributed by atoms with E-state index in [0.29, 0.717) is 13.1 Å². The van der Waals surface area contributed by atoms with E-state index >= 15 is 0 Å². The summed E-state index contributed by atoms with van der Waals surface area (Å²) < 4.78 is 0. The van der Waals surface area contributed by atoms with E-state index in [1.165, 1.54) is 0 Å². The second-order valence-electron chi connectivity index (χ2n) is 3.16. The van der Waals surface area contributed by atoms with Crippen molar-refractivity contribution in [3.8, 4) is 0 Å². The predicted molar refractivity (Wildman–Crippen MR) is 79.3 cm³/mol. The predicted octanol–water partition coefficient (Wildman–Crippen LogP) is 0.260. The maximum atomic E-state index is 10.4. The maximum Gasteiger partial charge on any atom is 0.222 e. The standard InChI is InChI=1S/C10H18N4O2S2/c11-9(15)1-3-13-5-7-17-18-8-6-14-4-2-10(12)16/h3-4H,1-2,5-8H2,(H2,11,15)(H2,12,16). The molecule has 0 aliphatic carbocycles. The third kappa shape index (κ3) is 15.0. The molecule has 0 aliphatic heterocycles. The molecule has 6 nitrogen and oxygen atoms in total. The van der Waals surface area contributed by atoms with Crippen LogP contribution in [0.5, 0.6) is 0 Å². The van der Waals surface area contributed by atoms with Crippen molar-refractivity contribution in [1.82, 2.24) is 0 Å². The van der Waals surface area contributed by atoms with Crippen LogP contribution in [0.2, 0.25) is 0 Å². The first-order valence-electron chi connectivity index (χ1n) is 5.40. The van der Waals surface area contributed by atoms with E-state index < -0.39 is 0 Å². The first-order chi connectivity index (χ1) is 8.63. The number of hydrogen-bond acceptors (Lipinski definition) is 6. The van der Waals surface area contributed by atoms with Gasteiger partial charge in [-0.25, -0.2) is 0 Å². The zero-order valence-corrected chi connectivity index (χ0v) is 11.7. The van der Waals surface area contributed by atoms with Crippen molar-refractivity contribution in [2.24, 2.45) is 21.5 Å². The topological polar surface area (TPSA) is 111 Å². The lowest BCUT2D eigenvalue weighted by Crippen LogP contribution is -2.10. The van der Waals surface area contributed by atoms with Gasteiger partial charge >= 0.3 is 0 Å². The molecule has 0 bridgehead atoms. The Labute approximate surface area is 114 Å². The highest BCUT2D eigenvalue weighted by atomic mass is 33.1. The molecule has 0 aromatic carbocycles. The Morgan fingerprint density at radius 2 is 1.28 bits per heavy atom. The Morgan fingerprint density at radius 1 is 0.889 bits per heavy atom. The number of carbonyl (C=O) groups excluding carboxylic acids is 2. The van der Waals surface area contributed by atoms with Crippen molar-refractivity contribution in [2.45, 2.75) is 12.8 Å². The summed E-state index contributed by atoms with van der Waals surface area (Å²) in [6, 6.07) is 0. The van der Waals surface area contributed by atoms with E-state index in [1.54, 1.807) is 34.0 Å². The number of hydrogen-bond donors (Lipinski definition) is 2. The van der Waals surface area contributed by atoms with Crippen LogP contribution in [0, 0.1) is 0 Å². The highest BCUT2D eigenvalue weighted by molar-refractivity contribution is 8.76. The number of aliphatic imine (C=N–C) groups is 2. The average molecular weight is 290 g/mol. The molecule has 0 fully saturated rings. The fourth-order valence-corrected chi connectivity index (χ4v) is 2.54. The smallest absolute Gasteiger partial charge is 0.222 e. The summed E-state index contributed by atoms with van der Waals surface area (Å²) in [5.74, 6) is 1.03. The van der Waals surface area contributed by atoms with E-state index in [9.17, 15) is 9.59 Å². The average Bonchev–Trinajstić information content (AvgIpc) is 2.29. The van der Waals surface area contributed by atoms with E-state index in [1.807, 2.05) is 0 Å². The second-order valence-corrected chi connectivity index (χ2v) is 5.86. The van der Waals surface area contributed by atoms with E-state index in [-0.39, 0.29) is 24.7 Å². The minimum atomic E-state index is -0.366. The summed E-state index contributed by atoms with van der Waals surface area (Å²) in [5.41, 5.74) is 9.90. The molecule has 102 valence electrons. The van der Waals surface area contributed by atoms with Gasteiger partial charge < -0.3 is 11.5 Å². The van der Waals surface area contributed by atoms with Gasteiger partial charge in [-0.15, -0.1) is 0 Å². The quantitative estimate of drug-likeness (QED) is 0.323. The monoisotopic (exact) mass is 290 g/mol. The Bertz CT molecular complexity index is 278. The summed E-state index contributed by atoms with van der Waals surface area (Å²) in [5, 5.41) is 0. The summed E-state index contributed by atoms with van der Waals surface area (Å²) in [6.07, 6.45) is 3.49. The molecule has 0 spiro atoms. The van der Waals surface area contributed by atoms with E-state index in [4.69, 9.17) is 11.5 Å². The van der Waals surface area contributed by atoms with Crippen LogP contribution in [0.25, 0.3) is 0 Å². The molecule has 0 aromatic rings. The van der Waals surface area contributed by atoms with Crippen molar-refractivity contribution in [3.63, 3.8) is 0 Å². The molecule has 0 aromatic heterocycles. The number of rotatable bonds is 11. The number of primary amides is 2. The van der Waals surface area contributed by atoms with Crippen molar-refractivity contribution in [3.05, 3.63) is 0 Å². The van der Waals surface area contributed by atoms with Crippen LogP contribution in [0.4, 0.5) is 0 Å². The van der Waals surface area contributed by atoms with Gasteiger partial charge in [0.2, 0.25) is 11.8 Å². The molecule has 18 heavy (non-hydrogen) atoms. The van der Waals surface area contributed by atoms with Gasteiger partial charge in [0.05, 0.1) is 12.8 Å². The normalized spacial score (nSPS) is 11.3. The molecular formula is C10H18N4O2S2. The van der Waals surface area contributed by atoms with Crippen LogP contribution in [0.15, 0.2) is 9.98 Å². The Balaban J connectivity index is 3.21. The lowest BCUT2D eigenvalue weighted by Gasteiger charge is -1.96. The van der Waals surface area contributed by atoms with Crippen molar-refractivity contribution >= 4 is 45.8 Å². The van der Waals surface area contributed by atoms with Crippen LogP contribution >= 0.6 is 21.6 Å². The van der Waals surface area contributed by atoms with Gasteiger partial charge in [-0.05, 0) is 0 Å². The minimum absolute atomic E-state index is 0.201. The second kappa shape index (κ2) is 12.4. The van der Waals surface area contributed by atoms with Gasteiger partial charge in [-0.2, -0.15) is 0 Å².